The number of carbonyl (C=O) groups is 5. The number of anilines is 1. The maximum Gasteiger partial charge on any atom is 0.254 e. The Bertz CT molecular complexity index is 3250. The topological polar surface area (TPSA) is 275 Å². The molecule has 2 saturated heterocycles. The summed E-state index contributed by atoms with van der Waals surface area (Å²) < 4.78 is 15.2. The maximum absolute atomic E-state index is 13.5. The summed E-state index contributed by atoms with van der Waals surface area (Å²) >= 11 is 0. The zero-order valence-corrected chi connectivity index (χ0v) is 47.2. The molecule has 0 spiro atoms. The number of aliphatic imine (C=N–C) groups is 1. The predicted octanol–water partition coefficient (Wildman–Crippen LogP) is 8.18. The van der Waals surface area contributed by atoms with Crippen molar-refractivity contribution >= 4 is 41.2 Å². The van der Waals surface area contributed by atoms with Crippen LogP contribution in [0.4, 0.5) is 10.2 Å². The van der Waals surface area contributed by atoms with Gasteiger partial charge in [0.05, 0.1) is 41.6 Å². The Labute approximate surface area is 479 Å². The maximum atomic E-state index is 13.5. The average molecular weight is 1110 g/mol. The van der Waals surface area contributed by atoms with E-state index in [1.165, 1.54) is 18.3 Å². The molecule has 5 aromatic rings. The summed E-state index contributed by atoms with van der Waals surface area (Å²) in [6, 6.07) is 35.0. The van der Waals surface area contributed by atoms with Crippen molar-refractivity contribution in [2.45, 2.75) is 102 Å². The van der Waals surface area contributed by atoms with Gasteiger partial charge in [-0.2, -0.15) is 20.6 Å². The predicted molar refractivity (Wildman–Crippen MR) is 314 cm³/mol. The van der Waals surface area contributed by atoms with E-state index in [1.807, 2.05) is 92.7 Å². The van der Waals surface area contributed by atoms with Crippen LogP contribution in [0, 0.1) is 40.3 Å². The van der Waals surface area contributed by atoms with Gasteiger partial charge in [0.25, 0.3) is 23.6 Å². The third-order valence-corrected chi connectivity index (χ3v) is 15.4. The number of amidine groups is 1. The van der Waals surface area contributed by atoms with Crippen molar-refractivity contribution in [1.29, 1.82) is 10.5 Å². The van der Waals surface area contributed by atoms with Gasteiger partial charge in [0.2, 0.25) is 5.91 Å². The summed E-state index contributed by atoms with van der Waals surface area (Å²) in [5.74, 6) is -2.43. The van der Waals surface area contributed by atoms with Crippen LogP contribution >= 0.6 is 0 Å². The van der Waals surface area contributed by atoms with Gasteiger partial charge in [-0.3, -0.25) is 38.5 Å². The normalized spacial score (nSPS) is 16.9. The first-order valence-electron chi connectivity index (χ1n) is 27.8. The van der Waals surface area contributed by atoms with Crippen LogP contribution in [-0.2, 0) is 33.0 Å². The number of allylic oxidation sites excluding steroid dienone is 2. The number of primary amides is 2. The SMILES string of the molecule is C/C=C\C.CN(C)C(=O)c1ccccc1-c1ccc(CN2CCC(CC#N)(n3cc(C(N)=O)c(NC(=O)C4CC4)n3)CC2)cc1.N#CCC1(N/C=C(/C(N)=O)C(N)=NC(=O)C2CC2)CCN(Cc2ccc(-c3cccc(F)c3)cc2)CC1. The van der Waals surface area contributed by atoms with E-state index < -0.39 is 22.9 Å². The number of aromatic nitrogens is 2. The van der Waals surface area contributed by atoms with Crippen LogP contribution in [0.2, 0.25) is 0 Å². The number of benzene rings is 4. The Hall–Kier alpha value is -8.78. The molecule has 82 heavy (non-hydrogen) atoms. The second-order valence-electron chi connectivity index (χ2n) is 21.7. The Morgan fingerprint density at radius 1 is 0.732 bits per heavy atom. The fraction of sp³-hybridized carbons (Fsp3) is 0.381. The van der Waals surface area contributed by atoms with Crippen LogP contribution in [0.25, 0.3) is 22.3 Å². The van der Waals surface area contributed by atoms with Crippen molar-refractivity contribution in [3.8, 4) is 34.4 Å². The Morgan fingerprint density at radius 3 is 1.83 bits per heavy atom. The molecule has 2 aliphatic heterocycles. The number of nitrogens with one attached hydrogen (secondary N) is 2. The van der Waals surface area contributed by atoms with Gasteiger partial charge in [0.1, 0.15) is 17.2 Å². The van der Waals surface area contributed by atoms with Gasteiger partial charge in [-0.1, -0.05) is 91.0 Å². The summed E-state index contributed by atoms with van der Waals surface area (Å²) in [6.07, 6.45) is 13.3. The summed E-state index contributed by atoms with van der Waals surface area (Å²) in [5.41, 5.74) is 22.6. The van der Waals surface area contributed by atoms with Crippen molar-refractivity contribution in [3.63, 3.8) is 0 Å². The molecule has 2 saturated carbocycles. The molecule has 1 aromatic heterocycles. The average Bonchev–Trinajstić information content (AvgIpc) is 4.59. The Balaban J connectivity index is 0.000000223. The lowest BCUT2D eigenvalue weighted by Gasteiger charge is -2.41. The molecular weight excluding hydrogens is 1040 g/mol. The molecular formula is C63H74FN13O5. The second-order valence-corrected chi connectivity index (χ2v) is 21.7. The highest BCUT2D eigenvalue weighted by molar-refractivity contribution is 6.21. The van der Waals surface area contributed by atoms with E-state index in [0.717, 1.165) is 98.3 Å². The van der Waals surface area contributed by atoms with Gasteiger partial charge in [0, 0.05) is 83.2 Å². The molecule has 8 N–H and O–H groups in total. The van der Waals surface area contributed by atoms with Gasteiger partial charge >= 0.3 is 0 Å². The van der Waals surface area contributed by atoms with Crippen molar-refractivity contribution in [2.24, 2.45) is 34.0 Å². The van der Waals surface area contributed by atoms with Crippen LogP contribution < -0.4 is 27.8 Å². The molecule has 4 fully saturated rings. The number of amides is 5. The number of likely N-dealkylation sites (tertiary alicyclic amines) is 2. The molecule has 428 valence electrons. The molecule has 0 radical (unpaired) electrons. The van der Waals surface area contributed by atoms with Gasteiger partial charge in [-0.25, -0.2) is 4.39 Å². The minimum Gasteiger partial charge on any atom is -0.384 e. The molecule has 0 unspecified atom stereocenters. The summed E-state index contributed by atoms with van der Waals surface area (Å²) in [6.45, 7) is 8.44. The highest BCUT2D eigenvalue weighted by atomic mass is 19.1. The highest BCUT2D eigenvalue weighted by Crippen LogP contribution is 2.37. The number of nitrogens with two attached hydrogens (primary N) is 3. The zero-order chi connectivity index (χ0) is 59.0. The van der Waals surface area contributed by atoms with Crippen LogP contribution in [0.3, 0.4) is 0 Å². The third kappa shape index (κ3) is 16.2. The number of rotatable bonds is 18. The summed E-state index contributed by atoms with van der Waals surface area (Å²) in [4.78, 5) is 71.1. The fourth-order valence-electron chi connectivity index (χ4n) is 9.91. The van der Waals surface area contributed by atoms with E-state index in [9.17, 15) is 38.9 Å². The number of nitriles is 2. The molecule has 4 aliphatic rings. The van der Waals surface area contributed by atoms with Crippen LogP contribution in [0.5, 0.6) is 0 Å². The zero-order valence-electron chi connectivity index (χ0n) is 47.2. The quantitative estimate of drug-likeness (QED) is 0.0240. The highest BCUT2D eigenvalue weighted by Gasteiger charge is 2.40. The number of halogens is 1. The van der Waals surface area contributed by atoms with Gasteiger partial charge < -0.3 is 32.7 Å². The Morgan fingerprint density at radius 2 is 1.30 bits per heavy atom. The number of hydrogen-bond donors (Lipinski definition) is 5. The molecule has 0 bridgehead atoms. The first-order chi connectivity index (χ1) is 39.4. The molecule has 4 aromatic carbocycles. The standard InChI is InChI=1S/C31H35N7O3.C28H31FN6O2.C4H8/c1-36(2)30(41)25-6-4-3-5-24(25)22-9-7-21(8-10-22)19-37-17-14-31(13-16-32,15-18-37)38-20-26(27(33)39)28(35-38)34-29(40)23-11-12-23;29-23-3-1-2-22(16-23)20-6-4-19(5-7-20)18-35-14-11-28(10-13-30,12-15-35)33-17-24(26(32)36)25(31)34-27(37)21-8-9-21;1-3-4-2/h3-10,20,23H,11-15,17-19H2,1-2H3,(H2,33,39)(H,34,35,40);1-7,16-17,21,33H,8-12,14-15,18H2,(H2,32,36)(H2,31,34,37);3-4H,1-2H3/b;24-17+;4-3-. The van der Waals surface area contributed by atoms with E-state index in [2.05, 4.69) is 54.8 Å². The minimum absolute atomic E-state index is 0.0311. The molecule has 0 atom stereocenters. The third-order valence-electron chi connectivity index (χ3n) is 15.4. The van der Waals surface area contributed by atoms with Gasteiger partial charge in [-0.15, -0.1) is 0 Å². The number of hydrogen-bond acceptors (Lipinski definition) is 11. The number of carbonyl (C=O) groups excluding carboxylic acids is 5. The molecule has 9 rings (SSSR count). The van der Waals surface area contributed by atoms with E-state index in [-0.39, 0.29) is 71.0 Å². The molecule has 19 heteroatoms. The lowest BCUT2D eigenvalue weighted by Crippen LogP contribution is -2.51. The second kappa shape index (κ2) is 28.1. The van der Waals surface area contributed by atoms with Crippen LogP contribution in [0.15, 0.2) is 132 Å². The lowest BCUT2D eigenvalue weighted by molar-refractivity contribution is -0.119. The van der Waals surface area contributed by atoms with Crippen molar-refractivity contribution < 1.29 is 28.4 Å². The van der Waals surface area contributed by atoms with E-state index in [4.69, 9.17) is 17.2 Å². The van der Waals surface area contributed by atoms with E-state index in [0.29, 0.717) is 31.2 Å². The minimum atomic E-state index is -0.788. The van der Waals surface area contributed by atoms with Crippen molar-refractivity contribution in [3.05, 3.63) is 155 Å². The molecule has 3 heterocycles. The van der Waals surface area contributed by atoms with Crippen molar-refractivity contribution in [1.82, 2.24) is 29.8 Å². The fourth-order valence-corrected chi connectivity index (χ4v) is 9.91. The van der Waals surface area contributed by atoms with Gasteiger partial charge in [-0.05, 0) is 117 Å². The van der Waals surface area contributed by atoms with E-state index >= 15 is 0 Å². The number of nitrogens with zero attached hydrogens (tertiary/aromatic N) is 8. The van der Waals surface area contributed by atoms with Gasteiger partial charge in [0.15, 0.2) is 5.82 Å². The smallest absolute Gasteiger partial charge is 0.254 e. The monoisotopic (exact) mass is 1110 g/mol. The first kappa shape index (κ1) is 60.9. The first-order valence-corrected chi connectivity index (χ1v) is 27.8. The number of piperidine rings is 2. The van der Waals surface area contributed by atoms with Crippen LogP contribution in [0.1, 0.15) is 110 Å². The Kier molecular flexibility index (Phi) is 20.8. The summed E-state index contributed by atoms with van der Waals surface area (Å²) in [7, 11) is 3.50. The van der Waals surface area contributed by atoms with Crippen LogP contribution in [-0.4, -0.2) is 106 Å². The summed E-state index contributed by atoms with van der Waals surface area (Å²) in [5, 5.41) is 29.7. The lowest BCUT2D eigenvalue weighted by atomic mass is 9.84. The molecule has 18 nitrogen and oxygen atoms in total. The van der Waals surface area contributed by atoms with Crippen molar-refractivity contribution in [2.75, 3.05) is 45.6 Å². The molecule has 5 amide bonds. The largest absolute Gasteiger partial charge is 0.384 e. The van der Waals surface area contributed by atoms with E-state index in [1.54, 1.807) is 35.9 Å². The molecule has 2 aliphatic carbocycles.